The van der Waals surface area contributed by atoms with Crippen LogP contribution in [0.1, 0.15) is 49.0 Å². The fourth-order valence-electron chi connectivity index (χ4n) is 3.02. The number of aliphatic hydroxyl groups is 1. The molecule has 1 aliphatic rings. The Morgan fingerprint density at radius 3 is 2.91 bits per heavy atom. The van der Waals surface area contributed by atoms with Crippen LogP contribution in [-0.2, 0) is 0 Å². The number of aliphatic hydroxyl groups excluding tert-OH is 1. The van der Waals surface area contributed by atoms with Gasteiger partial charge in [0.15, 0.2) is 0 Å². The Morgan fingerprint density at radius 1 is 1.50 bits per heavy atom. The number of carbonyl (C=O) groups is 1. The maximum Gasteiger partial charge on any atom is 0.255 e. The number of nitrogens with zero attached hydrogens (tertiary/aromatic N) is 2. The lowest BCUT2D eigenvalue weighted by Crippen LogP contribution is -2.47. The fraction of sp³-hybridized carbons (Fsp3) is 0.556. The van der Waals surface area contributed by atoms with Crippen molar-refractivity contribution in [1.82, 2.24) is 9.88 Å². The lowest BCUT2D eigenvalue weighted by molar-refractivity contribution is 0.0283. The second-order valence-electron chi connectivity index (χ2n) is 6.66. The molecule has 0 aromatic carbocycles. The summed E-state index contributed by atoms with van der Waals surface area (Å²) in [6.07, 6.45) is 8.23. The molecule has 1 fully saturated rings. The van der Waals surface area contributed by atoms with E-state index in [-0.39, 0.29) is 17.9 Å². The van der Waals surface area contributed by atoms with Crippen molar-refractivity contribution in [3.8, 4) is 0 Å². The molecular formula is C18H26N2O2. The Hall–Kier alpha value is -1.68. The molecule has 1 saturated heterocycles. The summed E-state index contributed by atoms with van der Waals surface area (Å²) in [4.78, 5) is 18.7. The highest BCUT2D eigenvalue weighted by Gasteiger charge is 2.36. The number of hydrogen-bond donors (Lipinski definition) is 1. The van der Waals surface area contributed by atoms with Crippen LogP contribution in [0.15, 0.2) is 30.1 Å². The fourth-order valence-corrected chi connectivity index (χ4v) is 3.02. The zero-order valence-electron chi connectivity index (χ0n) is 13.8. The van der Waals surface area contributed by atoms with Crippen molar-refractivity contribution in [1.29, 1.82) is 0 Å². The zero-order chi connectivity index (χ0) is 16.2. The standard InChI is InChI=1S/C18H26N2O2/c1-14(2)5-8-18(13-21)7-4-10-20(12-18)17(22)16-11-19-9-6-15(16)3/h5-6,9,11,21H,4,7-8,10,12-13H2,1-3H3/t18-/m1/s1. The summed E-state index contributed by atoms with van der Waals surface area (Å²) in [6, 6.07) is 1.86. The molecule has 4 nitrogen and oxygen atoms in total. The minimum Gasteiger partial charge on any atom is -0.396 e. The largest absolute Gasteiger partial charge is 0.396 e. The van der Waals surface area contributed by atoms with E-state index < -0.39 is 0 Å². The monoisotopic (exact) mass is 302 g/mol. The number of piperidine rings is 1. The Morgan fingerprint density at radius 2 is 2.27 bits per heavy atom. The number of likely N-dealkylation sites (tertiary alicyclic amines) is 1. The van der Waals surface area contributed by atoms with E-state index >= 15 is 0 Å². The van der Waals surface area contributed by atoms with E-state index in [1.54, 1.807) is 12.4 Å². The highest BCUT2D eigenvalue weighted by molar-refractivity contribution is 5.95. The van der Waals surface area contributed by atoms with Gasteiger partial charge in [-0.3, -0.25) is 9.78 Å². The van der Waals surface area contributed by atoms with E-state index in [4.69, 9.17) is 0 Å². The molecule has 1 aromatic heterocycles. The maximum absolute atomic E-state index is 12.8. The number of carbonyl (C=O) groups excluding carboxylic acids is 1. The number of aromatic nitrogens is 1. The molecule has 2 rings (SSSR count). The molecule has 0 radical (unpaired) electrons. The summed E-state index contributed by atoms with van der Waals surface area (Å²) in [5.41, 5.74) is 2.66. The van der Waals surface area contributed by atoms with Gasteiger partial charge in [-0.15, -0.1) is 0 Å². The molecule has 0 saturated carbocycles. The van der Waals surface area contributed by atoms with Gasteiger partial charge < -0.3 is 10.0 Å². The minimum atomic E-state index is -0.207. The van der Waals surface area contributed by atoms with Crippen molar-refractivity contribution < 1.29 is 9.90 Å². The van der Waals surface area contributed by atoms with Gasteiger partial charge in [0.25, 0.3) is 5.91 Å². The first-order valence-electron chi connectivity index (χ1n) is 7.91. The SMILES string of the molecule is CC(C)=CC[C@]1(CO)CCCN(C(=O)c2cnccc2C)C1. The van der Waals surface area contributed by atoms with Gasteiger partial charge in [0.2, 0.25) is 0 Å². The van der Waals surface area contributed by atoms with Gasteiger partial charge in [-0.05, 0) is 51.7 Å². The first-order chi connectivity index (χ1) is 10.5. The number of rotatable bonds is 4. The van der Waals surface area contributed by atoms with Gasteiger partial charge >= 0.3 is 0 Å². The Labute approximate surface area is 132 Å². The molecule has 1 aliphatic heterocycles. The second-order valence-corrected chi connectivity index (χ2v) is 6.66. The molecule has 0 bridgehead atoms. The molecule has 4 heteroatoms. The Balaban J connectivity index is 2.17. The quantitative estimate of drug-likeness (QED) is 0.870. The third-order valence-electron chi connectivity index (χ3n) is 4.50. The minimum absolute atomic E-state index is 0.0281. The van der Waals surface area contributed by atoms with E-state index in [2.05, 4.69) is 24.9 Å². The first kappa shape index (κ1) is 16.7. The highest BCUT2D eigenvalue weighted by Crippen LogP contribution is 2.34. The van der Waals surface area contributed by atoms with Crippen LogP contribution in [0.5, 0.6) is 0 Å². The van der Waals surface area contributed by atoms with Crippen molar-refractivity contribution in [2.45, 2.75) is 40.0 Å². The lowest BCUT2D eigenvalue weighted by atomic mass is 9.77. The summed E-state index contributed by atoms with van der Waals surface area (Å²) >= 11 is 0. The Kier molecular flexibility index (Phi) is 5.35. The van der Waals surface area contributed by atoms with Gasteiger partial charge in [0, 0.05) is 30.9 Å². The van der Waals surface area contributed by atoms with E-state index in [0.717, 1.165) is 31.4 Å². The van der Waals surface area contributed by atoms with E-state index in [0.29, 0.717) is 12.1 Å². The number of amides is 1. The molecule has 2 heterocycles. The predicted octanol–water partition coefficient (Wildman–Crippen LogP) is 2.96. The molecular weight excluding hydrogens is 276 g/mol. The van der Waals surface area contributed by atoms with Crippen molar-refractivity contribution in [2.24, 2.45) is 5.41 Å². The summed E-state index contributed by atoms with van der Waals surface area (Å²) in [5.74, 6) is 0.0281. The highest BCUT2D eigenvalue weighted by atomic mass is 16.3. The number of allylic oxidation sites excluding steroid dienone is 2. The summed E-state index contributed by atoms with van der Waals surface area (Å²) in [7, 11) is 0. The van der Waals surface area contributed by atoms with Crippen LogP contribution >= 0.6 is 0 Å². The van der Waals surface area contributed by atoms with Crippen LogP contribution in [0, 0.1) is 12.3 Å². The normalized spacial score (nSPS) is 21.5. The molecule has 0 spiro atoms. The average Bonchev–Trinajstić information content (AvgIpc) is 2.53. The maximum atomic E-state index is 12.8. The van der Waals surface area contributed by atoms with Gasteiger partial charge in [-0.25, -0.2) is 0 Å². The molecule has 0 aliphatic carbocycles. The smallest absolute Gasteiger partial charge is 0.255 e. The van der Waals surface area contributed by atoms with Gasteiger partial charge in [0.05, 0.1) is 12.2 Å². The lowest BCUT2D eigenvalue weighted by Gasteiger charge is -2.41. The van der Waals surface area contributed by atoms with Crippen molar-refractivity contribution in [2.75, 3.05) is 19.7 Å². The third-order valence-corrected chi connectivity index (χ3v) is 4.50. The first-order valence-corrected chi connectivity index (χ1v) is 7.91. The van der Waals surface area contributed by atoms with Crippen LogP contribution in [-0.4, -0.2) is 40.6 Å². The average molecular weight is 302 g/mol. The van der Waals surface area contributed by atoms with Crippen LogP contribution < -0.4 is 0 Å². The number of hydrogen-bond acceptors (Lipinski definition) is 3. The third kappa shape index (κ3) is 3.74. The zero-order valence-corrected chi connectivity index (χ0v) is 13.8. The van der Waals surface area contributed by atoms with Crippen LogP contribution in [0.4, 0.5) is 0 Å². The molecule has 1 N–H and O–H groups in total. The second kappa shape index (κ2) is 7.05. The molecule has 120 valence electrons. The number of aryl methyl sites for hydroxylation is 1. The van der Waals surface area contributed by atoms with Gasteiger partial charge in [-0.2, -0.15) is 0 Å². The molecule has 22 heavy (non-hydrogen) atoms. The van der Waals surface area contributed by atoms with Gasteiger partial charge in [0.1, 0.15) is 0 Å². The summed E-state index contributed by atoms with van der Waals surface area (Å²) in [5, 5.41) is 9.90. The number of pyridine rings is 1. The van der Waals surface area contributed by atoms with Crippen LogP contribution in [0.3, 0.4) is 0 Å². The van der Waals surface area contributed by atoms with Crippen LogP contribution in [0.2, 0.25) is 0 Å². The van der Waals surface area contributed by atoms with E-state index in [1.807, 2.05) is 17.9 Å². The van der Waals surface area contributed by atoms with E-state index in [9.17, 15) is 9.90 Å². The van der Waals surface area contributed by atoms with Crippen molar-refractivity contribution in [3.63, 3.8) is 0 Å². The van der Waals surface area contributed by atoms with Gasteiger partial charge in [-0.1, -0.05) is 11.6 Å². The summed E-state index contributed by atoms with van der Waals surface area (Å²) < 4.78 is 0. The Bertz CT molecular complexity index is 564. The van der Waals surface area contributed by atoms with Crippen molar-refractivity contribution >= 4 is 5.91 Å². The summed E-state index contributed by atoms with van der Waals surface area (Å²) in [6.45, 7) is 7.55. The topological polar surface area (TPSA) is 53.4 Å². The molecule has 1 amide bonds. The molecule has 1 atom stereocenters. The molecule has 1 aromatic rings. The van der Waals surface area contributed by atoms with Crippen LogP contribution in [0.25, 0.3) is 0 Å². The molecule has 0 unspecified atom stereocenters. The predicted molar refractivity (Wildman–Crippen MR) is 87.7 cm³/mol. The van der Waals surface area contributed by atoms with E-state index in [1.165, 1.54) is 5.57 Å². The van der Waals surface area contributed by atoms with Crippen molar-refractivity contribution in [3.05, 3.63) is 41.2 Å².